The van der Waals surface area contributed by atoms with E-state index in [9.17, 15) is 4.79 Å². The highest BCUT2D eigenvalue weighted by molar-refractivity contribution is 6.30. The van der Waals surface area contributed by atoms with Gasteiger partial charge in [0, 0.05) is 10.6 Å². The molecule has 1 aliphatic heterocycles. The van der Waals surface area contributed by atoms with Gasteiger partial charge in [-0.05, 0) is 36.8 Å². The van der Waals surface area contributed by atoms with E-state index in [1.54, 1.807) is 4.90 Å². The highest BCUT2D eigenvalue weighted by atomic mass is 35.5. The Balaban J connectivity index is 1.94. The monoisotopic (exact) mass is 298 g/mol. The van der Waals surface area contributed by atoms with Crippen molar-refractivity contribution in [2.75, 3.05) is 6.54 Å². The van der Waals surface area contributed by atoms with Crippen LogP contribution in [0.2, 0.25) is 5.02 Å². The molecule has 1 heterocycles. The van der Waals surface area contributed by atoms with E-state index in [2.05, 4.69) is 4.99 Å². The van der Waals surface area contributed by atoms with Crippen LogP contribution in [0.1, 0.15) is 24.1 Å². The Morgan fingerprint density at radius 2 is 1.76 bits per heavy atom. The van der Waals surface area contributed by atoms with Gasteiger partial charge in [-0.2, -0.15) is 0 Å². The molecule has 106 valence electrons. The van der Waals surface area contributed by atoms with E-state index >= 15 is 0 Å². The lowest BCUT2D eigenvalue weighted by Crippen LogP contribution is -2.35. The van der Waals surface area contributed by atoms with Crippen LogP contribution in [-0.2, 0) is 4.79 Å². The van der Waals surface area contributed by atoms with Crippen molar-refractivity contribution >= 4 is 23.3 Å². The van der Waals surface area contributed by atoms with E-state index in [1.807, 2.05) is 61.5 Å². The fraction of sp³-hybridized carbons (Fsp3) is 0.176. The number of benzene rings is 2. The van der Waals surface area contributed by atoms with Crippen LogP contribution in [0, 0.1) is 0 Å². The van der Waals surface area contributed by atoms with Crippen molar-refractivity contribution in [1.29, 1.82) is 0 Å². The van der Waals surface area contributed by atoms with Crippen LogP contribution in [0.25, 0.3) is 0 Å². The third kappa shape index (κ3) is 2.69. The Labute approximate surface area is 128 Å². The van der Waals surface area contributed by atoms with Crippen molar-refractivity contribution < 1.29 is 4.79 Å². The molecule has 4 heteroatoms. The Morgan fingerprint density at radius 3 is 2.43 bits per heavy atom. The summed E-state index contributed by atoms with van der Waals surface area (Å²) in [7, 11) is 0. The van der Waals surface area contributed by atoms with Gasteiger partial charge < -0.3 is 0 Å². The van der Waals surface area contributed by atoms with Crippen LogP contribution in [0.3, 0.4) is 0 Å². The molecule has 0 radical (unpaired) electrons. The maximum atomic E-state index is 12.2. The molecule has 3 nitrogen and oxygen atoms in total. The molecule has 0 fully saturated rings. The van der Waals surface area contributed by atoms with Gasteiger partial charge in [0.1, 0.15) is 12.4 Å². The molecular formula is C17H15ClN2O. The molecule has 3 rings (SSSR count). The van der Waals surface area contributed by atoms with Crippen molar-refractivity contribution in [1.82, 2.24) is 4.90 Å². The molecule has 21 heavy (non-hydrogen) atoms. The van der Waals surface area contributed by atoms with Crippen LogP contribution >= 0.6 is 11.6 Å². The minimum absolute atomic E-state index is 0.0244. The fourth-order valence-corrected chi connectivity index (χ4v) is 2.65. The number of hydrogen-bond donors (Lipinski definition) is 0. The first-order chi connectivity index (χ1) is 10.2. The highest BCUT2D eigenvalue weighted by Crippen LogP contribution is 2.26. The minimum Gasteiger partial charge on any atom is -0.288 e. The van der Waals surface area contributed by atoms with E-state index in [-0.39, 0.29) is 18.5 Å². The van der Waals surface area contributed by atoms with Gasteiger partial charge in [0.15, 0.2) is 0 Å². The zero-order valence-corrected chi connectivity index (χ0v) is 12.4. The van der Waals surface area contributed by atoms with E-state index in [0.29, 0.717) is 10.9 Å². The summed E-state index contributed by atoms with van der Waals surface area (Å²) in [6.45, 7) is 2.22. The molecule has 0 bridgehead atoms. The maximum Gasteiger partial charge on any atom is 0.250 e. The second kappa shape index (κ2) is 5.70. The molecular weight excluding hydrogens is 284 g/mol. The van der Waals surface area contributed by atoms with E-state index in [0.717, 1.165) is 11.1 Å². The van der Waals surface area contributed by atoms with Gasteiger partial charge in [-0.1, -0.05) is 41.9 Å². The Kier molecular flexibility index (Phi) is 3.76. The lowest BCUT2D eigenvalue weighted by atomic mass is 10.1. The van der Waals surface area contributed by atoms with Gasteiger partial charge in [-0.15, -0.1) is 0 Å². The van der Waals surface area contributed by atoms with Crippen LogP contribution in [0.15, 0.2) is 59.6 Å². The number of halogens is 1. The third-order valence-corrected chi connectivity index (χ3v) is 3.88. The number of aliphatic imine (C=N–C) groups is 1. The normalized spacial score (nSPS) is 16.0. The number of nitrogens with zero attached hydrogens (tertiary/aromatic N) is 2. The summed E-state index contributed by atoms with van der Waals surface area (Å²) in [4.78, 5) is 18.4. The molecule has 0 saturated heterocycles. The molecule has 1 aliphatic rings. The number of amides is 1. The molecule has 1 amide bonds. The van der Waals surface area contributed by atoms with Crippen molar-refractivity contribution in [3.8, 4) is 0 Å². The van der Waals surface area contributed by atoms with Gasteiger partial charge in [0.2, 0.25) is 5.91 Å². The predicted octanol–water partition coefficient (Wildman–Crippen LogP) is 3.69. The highest BCUT2D eigenvalue weighted by Gasteiger charge is 2.31. The molecule has 0 saturated carbocycles. The molecule has 0 aromatic heterocycles. The average molecular weight is 299 g/mol. The largest absolute Gasteiger partial charge is 0.288 e. The SMILES string of the molecule is C[C@H](c1ccccc1)N1C(=O)CN=C1c1ccc(Cl)cc1. The zero-order chi connectivity index (χ0) is 14.8. The summed E-state index contributed by atoms with van der Waals surface area (Å²) in [6.07, 6.45) is 0. The number of carbonyl (C=O) groups is 1. The molecule has 0 unspecified atom stereocenters. The Morgan fingerprint density at radius 1 is 1.10 bits per heavy atom. The van der Waals surface area contributed by atoms with Crippen molar-refractivity contribution in [3.05, 3.63) is 70.7 Å². The third-order valence-electron chi connectivity index (χ3n) is 3.63. The van der Waals surface area contributed by atoms with Crippen molar-refractivity contribution in [2.24, 2.45) is 4.99 Å². The predicted molar refractivity (Wildman–Crippen MR) is 84.6 cm³/mol. The standard InChI is InChI=1S/C17H15ClN2O/c1-12(13-5-3-2-4-6-13)20-16(21)11-19-17(20)14-7-9-15(18)10-8-14/h2-10,12H,11H2,1H3/t12-/m1/s1. The first-order valence-corrected chi connectivity index (χ1v) is 7.22. The van der Waals surface area contributed by atoms with Crippen molar-refractivity contribution in [2.45, 2.75) is 13.0 Å². The first-order valence-electron chi connectivity index (χ1n) is 6.84. The second-order valence-corrected chi connectivity index (χ2v) is 5.43. The van der Waals surface area contributed by atoms with Crippen LogP contribution in [0.4, 0.5) is 0 Å². The summed E-state index contributed by atoms with van der Waals surface area (Å²) in [5.74, 6) is 0.740. The molecule has 1 atom stereocenters. The summed E-state index contributed by atoms with van der Waals surface area (Å²) in [5, 5.41) is 0.673. The second-order valence-electron chi connectivity index (χ2n) is 5.00. The average Bonchev–Trinajstić information content (AvgIpc) is 2.90. The maximum absolute atomic E-state index is 12.2. The molecule has 0 spiro atoms. The Bertz CT molecular complexity index is 680. The number of hydrogen-bond acceptors (Lipinski definition) is 2. The van der Waals surface area contributed by atoms with E-state index in [1.165, 1.54) is 0 Å². The van der Waals surface area contributed by atoms with E-state index < -0.39 is 0 Å². The van der Waals surface area contributed by atoms with Gasteiger partial charge in [-0.25, -0.2) is 0 Å². The van der Waals surface area contributed by atoms with Crippen LogP contribution in [0.5, 0.6) is 0 Å². The molecule has 2 aromatic rings. The topological polar surface area (TPSA) is 32.7 Å². The quantitative estimate of drug-likeness (QED) is 0.850. The molecule has 0 N–H and O–H groups in total. The number of carbonyl (C=O) groups excluding carboxylic acids is 1. The van der Waals surface area contributed by atoms with Crippen LogP contribution < -0.4 is 0 Å². The van der Waals surface area contributed by atoms with E-state index in [4.69, 9.17) is 11.6 Å². The number of rotatable bonds is 3. The van der Waals surface area contributed by atoms with Gasteiger partial charge in [0.25, 0.3) is 0 Å². The van der Waals surface area contributed by atoms with Gasteiger partial charge in [-0.3, -0.25) is 14.7 Å². The summed E-state index contributed by atoms with van der Waals surface area (Å²) in [5.41, 5.74) is 2.00. The first kappa shape index (κ1) is 13.8. The van der Waals surface area contributed by atoms with Gasteiger partial charge in [0.05, 0.1) is 6.04 Å². The fourth-order valence-electron chi connectivity index (χ4n) is 2.52. The zero-order valence-electron chi connectivity index (χ0n) is 11.7. The molecule has 0 aliphatic carbocycles. The Hall–Kier alpha value is -2.13. The lowest BCUT2D eigenvalue weighted by molar-refractivity contribution is -0.126. The smallest absolute Gasteiger partial charge is 0.250 e. The van der Waals surface area contributed by atoms with Crippen LogP contribution in [-0.4, -0.2) is 23.2 Å². The van der Waals surface area contributed by atoms with Gasteiger partial charge >= 0.3 is 0 Å². The lowest BCUT2D eigenvalue weighted by Gasteiger charge is -2.26. The summed E-state index contributed by atoms with van der Waals surface area (Å²) >= 11 is 5.92. The summed E-state index contributed by atoms with van der Waals surface area (Å²) < 4.78 is 0. The summed E-state index contributed by atoms with van der Waals surface area (Å²) in [6, 6.07) is 17.3. The molecule has 2 aromatic carbocycles. The van der Waals surface area contributed by atoms with Crippen molar-refractivity contribution in [3.63, 3.8) is 0 Å². The minimum atomic E-state index is -0.0457. The number of amidine groups is 1.